The fraction of sp³-hybridized carbons (Fsp3) is 0.235. The molecule has 0 fully saturated rings. The predicted molar refractivity (Wildman–Crippen MR) is 86.7 cm³/mol. The molecule has 0 aliphatic carbocycles. The number of ketones is 1. The molecule has 0 radical (unpaired) electrons. The van der Waals surface area contributed by atoms with Crippen LogP contribution in [0.1, 0.15) is 29.5 Å². The summed E-state index contributed by atoms with van der Waals surface area (Å²) in [4.78, 5) is 34.7. The van der Waals surface area contributed by atoms with Crippen LogP contribution in [0, 0.1) is 0 Å². The summed E-state index contributed by atoms with van der Waals surface area (Å²) in [5, 5.41) is 14.6. The van der Waals surface area contributed by atoms with Gasteiger partial charge in [-0.2, -0.15) is 0 Å². The maximum atomic E-state index is 12.0. The highest BCUT2D eigenvalue weighted by atomic mass is 16.4. The number of benzene rings is 1. The molecule has 1 heterocycles. The lowest BCUT2D eigenvalue weighted by Crippen LogP contribution is -2.39. The Kier molecular flexibility index (Phi) is 5.86. The van der Waals surface area contributed by atoms with Gasteiger partial charge in [-0.3, -0.25) is 19.7 Å². The van der Waals surface area contributed by atoms with E-state index in [9.17, 15) is 19.5 Å². The van der Waals surface area contributed by atoms with Gasteiger partial charge in [-0.25, -0.2) is 0 Å². The molecular weight excluding hydrogens is 312 g/mol. The number of hydrogen-bond donors (Lipinski definition) is 3. The van der Waals surface area contributed by atoms with Crippen LogP contribution in [0.15, 0.2) is 47.1 Å². The van der Waals surface area contributed by atoms with Gasteiger partial charge in [-0.1, -0.05) is 12.1 Å². The highest BCUT2D eigenvalue weighted by Gasteiger charge is 2.21. The van der Waals surface area contributed by atoms with Gasteiger partial charge in [-0.05, 0) is 31.2 Å². The quantitative estimate of drug-likeness (QED) is 0.639. The summed E-state index contributed by atoms with van der Waals surface area (Å²) < 4.78 is 5.11. The molecule has 0 saturated carbocycles. The first-order chi connectivity index (χ1) is 11.5. The van der Waals surface area contributed by atoms with Crippen molar-refractivity contribution in [2.24, 2.45) is 0 Å². The Bertz CT molecular complexity index is 724. The van der Waals surface area contributed by atoms with E-state index in [4.69, 9.17) is 4.42 Å². The summed E-state index contributed by atoms with van der Waals surface area (Å²) in [6.45, 7) is 1.64. The van der Waals surface area contributed by atoms with Crippen molar-refractivity contribution in [2.75, 3.05) is 5.32 Å². The molecule has 2 rings (SSSR count). The average Bonchev–Trinajstić information content (AvgIpc) is 3.04. The molecule has 1 unspecified atom stereocenters. The summed E-state index contributed by atoms with van der Waals surface area (Å²) in [7, 11) is 0. The lowest BCUT2D eigenvalue weighted by atomic mass is 10.1. The Balaban J connectivity index is 1.93. The van der Waals surface area contributed by atoms with E-state index in [0.29, 0.717) is 17.0 Å². The van der Waals surface area contributed by atoms with Crippen molar-refractivity contribution in [3.63, 3.8) is 0 Å². The molecule has 24 heavy (non-hydrogen) atoms. The number of rotatable bonds is 8. The minimum absolute atomic E-state index is 0.116. The number of amides is 1. The zero-order valence-corrected chi connectivity index (χ0v) is 13.1. The van der Waals surface area contributed by atoms with Crippen LogP contribution in [0.5, 0.6) is 0 Å². The molecule has 0 aliphatic rings. The minimum atomic E-state index is -1.13. The van der Waals surface area contributed by atoms with Crippen molar-refractivity contribution in [3.05, 3.63) is 54.0 Å². The van der Waals surface area contributed by atoms with Crippen molar-refractivity contribution in [3.8, 4) is 0 Å². The summed E-state index contributed by atoms with van der Waals surface area (Å²) in [5.74, 6) is -1.13. The monoisotopic (exact) mass is 330 g/mol. The van der Waals surface area contributed by atoms with E-state index in [-0.39, 0.29) is 18.7 Å². The third-order valence-electron chi connectivity index (χ3n) is 3.34. The second-order valence-electron chi connectivity index (χ2n) is 5.24. The molecule has 126 valence electrons. The number of carbonyl (C=O) groups is 3. The fourth-order valence-electron chi connectivity index (χ4n) is 2.10. The Labute approximate surface area is 138 Å². The molecule has 7 nitrogen and oxygen atoms in total. The van der Waals surface area contributed by atoms with E-state index >= 15 is 0 Å². The van der Waals surface area contributed by atoms with E-state index in [0.717, 1.165) is 0 Å². The van der Waals surface area contributed by atoms with Crippen LogP contribution in [-0.2, 0) is 16.1 Å². The third kappa shape index (κ3) is 5.06. The maximum absolute atomic E-state index is 12.0. The Morgan fingerprint density at radius 3 is 2.62 bits per heavy atom. The predicted octanol–water partition coefficient (Wildman–Crippen LogP) is 2.05. The lowest BCUT2D eigenvalue weighted by Gasteiger charge is -2.14. The van der Waals surface area contributed by atoms with Crippen molar-refractivity contribution in [1.29, 1.82) is 0 Å². The molecule has 1 aromatic carbocycles. The van der Waals surface area contributed by atoms with E-state index in [1.165, 1.54) is 13.2 Å². The lowest BCUT2D eigenvalue weighted by molar-refractivity contribution is -0.141. The second-order valence-corrected chi connectivity index (χ2v) is 5.24. The zero-order valence-electron chi connectivity index (χ0n) is 13.1. The molecule has 0 bridgehead atoms. The van der Waals surface area contributed by atoms with Crippen LogP contribution < -0.4 is 10.6 Å². The summed E-state index contributed by atoms with van der Waals surface area (Å²) in [6.07, 6.45) is 1.24. The Hall–Kier alpha value is -2.93. The summed E-state index contributed by atoms with van der Waals surface area (Å²) in [6, 6.07) is 8.83. The van der Waals surface area contributed by atoms with Gasteiger partial charge in [-0.15, -0.1) is 0 Å². The molecule has 1 aromatic heterocycles. The van der Waals surface area contributed by atoms with Crippen LogP contribution in [0.2, 0.25) is 0 Å². The minimum Gasteiger partial charge on any atom is -0.480 e. The van der Waals surface area contributed by atoms with E-state index in [2.05, 4.69) is 10.6 Å². The van der Waals surface area contributed by atoms with E-state index in [1.807, 2.05) is 0 Å². The van der Waals surface area contributed by atoms with Crippen LogP contribution in [-0.4, -0.2) is 28.8 Å². The molecule has 1 atom stereocenters. The van der Waals surface area contributed by atoms with Gasteiger partial charge in [0.25, 0.3) is 0 Å². The number of carboxylic acids is 1. The first kappa shape index (κ1) is 17.4. The van der Waals surface area contributed by atoms with Gasteiger partial charge in [0.1, 0.15) is 11.8 Å². The van der Waals surface area contributed by atoms with Crippen LogP contribution in [0.25, 0.3) is 0 Å². The van der Waals surface area contributed by atoms with Crippen molar-refractivity contribution < 1.29 is 23.9 Å². The number of aliphatic carboxylic acids is 1. The second kappa shape index (κ2) is 8.07. The Morgan fingerprint density at radius 1 is 1.21 bits per heavy atom. The molecule has 0 aliphatic heterocycles. The first-order valence-electron chi connectivity index (χ1n) is 7.35. The molecule has 7 heteroatoms. The highest BCUT2D eigenvalue weighted by Crippen LogP contribution is 2.12. The first-order valence-corrected chi connectivity index (χ1v) is 7.35. The number of furan rings is 1. The van der Waals surface area contributed by atoms with Crippen LogP contribution in [0.4, 0.5) is 5.69 Å². The van der Waals surface area contributed by atoms with Crippen molar-refractivity contribution >= 4 is 23.3 Å². The number of hydrogen-bond acceptors (Lipinski definition) is 5. The number of anilines is 1. The maximum Gasteiger partial charge on any atom is 0.321 e. The van der Waals surface area contributed by atoms with Crippen molar-refractivity contribution in [1.82, 2.24) is 5.32 Å². The van der Waals surface area contributed by atoms with Crippen LogP contribution in [0.3, 0.4) is 0 Å². The van der Waals surface area contributed by atoms with Gasteiger partial charge < -0.3 is 14.8 Å². The molecule has 1 amide bonds. The van der Waals surface area contributed by atoms with Crippen molar-refractivity contribution in [2.45, 2.75) is 25.9 Å². The number of carboxylic acid groups (broad SMARTS) is 1. The normalized spacial score (nSPS) is 11.7. The molecule has 2 aromatic rings. The zero-order chi connectivity index (χ0) is 17.5. The smallest absolute Gasteiger partial charge is 0.321 e. The van der Waals surface area contributed by atoms with Gasteiger partial charge in [0.05, 0.1) is 19.2 Å². The highest BCUT2D eigenvalue weighted by molar-refractivity contribution is 5.98. The summed E-state index contributed by atoms with van der Waals surface area (Å²) >= 11 is 0. The largest absolute Gasteiger partial charge is 0.480 e. The Morgan fingerprint density at radius 2 is 2.00 bits per heavy atom. The van der Waals surface area contributed by atoms with Gasteiger partial charge >= 0.3 is 5.97 Å². The molecule has 3 N–H and O–H groups in total. The van der Waals surface area contributed by atoms with E-state index in [1.54, 1.807) is 36.4 Å². The SMILES string of the molecule is CC(=O)c1cccc(NC(=O)CC(NCc2ccco2)C(=O)O)c1. The van der Waals surface area contributed by atoms with Gasteiger partial charge in [0, 0.05) is 11.3 Å². The molecular formula is C17H18N2O5. The number of carbonyl (C=O) groups excluding carboxylic acids is 2. The topological polar surface area (TPSA) is 109 Å². The average molecular weight is 330 g/mol. The molecule has 0 spiro atoms. The standard InChI is InChI=1S/C17H18N2O5/c1-11(20)12-4-2-5-13(8-12)19-16(21)9-15(17(22)23)18-10-14-6-3-7-24-14/h2-8,15,18H,9-10H2,1H3,(H,19,21)(H,22,23). The number of Topliss-reactive ketones (excluding diaryl/α,β-unsaturated/α-hetero) is 1. The fourth-order valence-corrected chi connectivity index (χ4v) is 2.10. The van der Waals surface area contributed by atoms with Gasteiger partial charge in [0.2, 0.25) is 5.91 Å². The molecule has 0 saturated heterocycles. The van der Waals surface area contributed by atoms with E-state index < -0.39 is 17.9 Å². The number of nitrogens with one attached hydrogen (secondary N) is 2. The van der Waals surface area contributed by atoms with Gasteiger partial charge in [0.15, 0.2) is 5.78 Å². The summed E-state index contributed by atoms with van der Waals surface area (Å²) in [5.41, 5.74) is 0.918. The van der Waals surface area contributed by atoms with Crippen LogP contribution >= 0.6 is 0 Å². The third-order valence-corrected chi connectivity index (χ3v) is 3.34.